The molecule has 0 saturated heterocycles. The van der Waals surface area contributed by atoms with Crippen LogP contribution in [0.15, 0.2) is 149 Å². The fourth-order valence-corrected chi connectivity index (χ4v) is 7.42. The maximum Gasteiger partial charge on any atom is 0.0540 e. The summed E-state index contributed by atoms with van der Waals surface area (Å²) in [6.07, 6.45) is 0. The van der Waals surface area contributed by atoms with Crippen LogP contribution in [-0.2, 0) is 5.41 Å². The molecule has 0 unspecified atom stereocenters. The molecule has 0 radical (unpaired) electrons. The van der Waals surface area contributed by atoms with Crippen molar-refractivity contribution in [3.63, 3.8) is 0 Å². The smallest absolute Gasteiger partial charge is 0.0540 e. The molecule has 1 aliphatic heterocycles. The van der Waals surface area contributed by atoms with E-state index in [4.69, 9.17) is 0 Å². The van der Waals surface area contributed by atoms with Gasteiger partial charge in [0.05, 0.1) is 5.69 Å². The van der Waals surface area contributed by atoms with Gasteiger partial charge in [-0.1, -0.05) is 129 Å². The van der Waals surface area contributed by atoms with Crippen LogP contribution in [0.3, 0.4) is 0 Å². The van der Waals surface area contributed by atoms with Gasteiger partial charge in [0.15, 0.2) is 0 Å². The fourth-order valence-electron chi connectivity index (χ4n) is 5.89. The number of rotatable bonds is 4. The van der Waals surface area contributed by atoms with Crippen LogP contribution in [0.4, 0.5) is 17.1 Å². The third kappa shape index (κ3) is 4.04. The summed E-state index contributed by atoms with van der Waals surface area (Å²) in [5.41, 5.74) is 8.77. The number of para-hydroxylation sites is 1. The molecular weight excluding hydrogens is 490 g/mol. The minimum Gasteiger partial charge on any atom is -0.310 e. The molecule has 0 fully saturated rings. The molecule has 0 aliphatic carbocycles. The quantitative estimate of drug-likeness (QED) is 0.228. The first-order valence-corrected chi connectivity index (χ1v) is 14.3. The zero-order valence-corrected chi connectivity index (χ0v) is 23.0. The first kappa shape index (κ1) is 23.8. The fraction of sp³-hybridized carbons (Fsp3) is 0.0811. The Bertz CT molecular complexity index is 1800. The molecule has 0 amide bonds. The molecule has 0 aromatic heterocycles. The minimum absolute atomic E-state index is 0.0361. The Morgan fingerprint density at radius 1 is 0.538 bits per heavy atom. The maximum absolute atomic E-state index is 2.36. The van der Waals surface area contributed by atoms with Gasteiger partial charge in [-0.25, -0.2) is 0 Å². The number of anilines is 3. The maximum atomic E-state index is 2.36. The summed E-state index contributed by atoms with van der Waals surface area (Å²) in [5, 5.41) is 2.48. The van der Waals surface area contributed by atoms with Crippen LogP contribution in [0.1, 0.15) is 25.0 Å². The van der Waals surface area contributed by atoms with Gasteiger partial charge in [-0.05, 0) is 64.0 Å². The Morgan fingerprint density at radius 3 is 2.03 bits per heavy atom. The molecule has 6 aromatic carbocycles. The van der Waals surface area contributed by atoms with Crippen molar-refractivity contribution in [2.75, 3.05) is 4.90 Å². The highest BCUT2D eigenvalue weighted by Gasteiger charge is 2.34. The number of fused-ring (bicyclic) bond motifs is 3. The Hall–Kier alpha value is -4.27. The van der Waals surface area contributed by atoms with E-state index in [0.29, 0.717) is 0 Å². The monoisotopic (exact) mass is 519 g/mol. The predicted molar refractivity (Wildman–Crippen MR) is 167 cm³/mol. The van der Waals surface area contributed by atoms with E-state index in [0.717, 1.165) is 11.4 Å². The van der Waals surface area contributed by atoms with Gasteiger partial charge < -0.3 is 4.90 Å². The standard InChI is InChI=1S/C37H29NS/c1-37(2)32-18-8-9-21-35(32)39-36-31(17-11-19-33(36)37)27-22-24-29(25-23-27)38(28-14-4-3-5-15-28)34-20-10-13-26-12-6-7-16-30(26)34/h3-25H,1-2H3. The molecule has 1 aliphatic rings. The molecule has 0 saturated carbocycles. The summed E-state index contributed by atoms with van der Waals surface area (Å²) in [5.74, 6) is 0. The van der Waals surface area contributed by atoms with Crippen LogP contribution >= 0.6 is 11.8 Å². The van der Waals surface area contributed by atoms with Crippen molar-refractivity contribution < 1.29 is 0 Å². The van der Waals surface area contributed by atoms with Crippen molar-refractivity contribution in [1.82, 2.24) is 0 Å². The van der Waals surface area contributed by atoms with E-state index < -0.39 is 0 Å². The molecule has 1 heterocycles. The van der Waals surface area contributed by atoms with E-state index in [1.165, 1.54) is 48.5 Å². The molecule has 6 aromatic rings. The lowest BCUT2D eigenvalue weighted by atomic mass is 9.77. The SMILES string of the molecule is CC1(C)c2ccccc2Sc2c(-c3ccc(N(c4ccccc4)c4cccc5ccccc45)cc3)cccc21. The van der Waals surface area contributed by atoms with Crippen LogP contribution in [-0.4, -0.2) is 0 Å². The van der Waals surface area contributed by atoms with Crippen LogP contribution in [0, 0.1) is 0 Å². The van der Waals surface area contributed by atoms with Crippen LogP contribution in [0.2, 0.25) is 0 Å². The highest BCUT2D eigenvalue weighted by molar-refractivity contribution is 7.99. The average molecular weight is 520 g/mol. The predicted octanol–water partition coefficient (Wildman–Crippen LogP) is 10.8. The Kier molecular flexibility index (Phi) is 5.79. The van der Waals surface area contributed by atoms with Gasteiger partial charge in [0, 0.05) is 32.0 Å². The molecule has 0 bridgehead atoms. The highest BCUT2D eigenvalue weighted by Crippen LogP contribution is 2.52. The second-order valence-corrected chi connectivity index (χ2v) is 11.7. The lowest BCUT2D eigenvalue weighted by molar-refractivity contribution is 0.608. The summed E-state index contributed by atoms with van der Waals surface area (Å²) in [4.78, 5) is 5.08. The number of hydrogen-bond acceptors (Lipinski definition) is 2. The molecule has 0 N–H and O–H groups in total. The largest absolute Gasteiger partial charge is 0.310 e. The zero-order chi connectivity index (χ0) is 26.4. The summed E-state index contributed by atoms with van der Waals surface area (Å²) >= 11 is 1.90. The van der Waals surface area contributed by atoms with Gasteiger partial charge in [-0.3, -0.25) is 0 Å². The second-order valence-electron chi connectivity index (χ2n) is 10.6. The molecular formula is C37H29NS. The van der Waals surface area contributed by atoms with Crippen molar-refractivity contribution in [3.8, 4) is 11.1 Å². The Labute approximate surface area is 234 Å². The Balaban J connectivity index is 1.34. The van der Waals surface area contributed by atoms with E-state index in [-0.39, 0.29) is 5.41 Å². The minimum atomic E-state index is -0.0361. The van der Waals surface area contributed by atoms with E-state index in [2.05, 4.69) is 158 Å². The summed E-state index contributed by atoms with van der Waals surface area (Å²) < 4.78 is 0. The molecule has 39 heavy (non-hydrogen) atoms. The van der Waals surface area contributed by atoms with Gasteiger partial charge in [0.1, 0.15) is 0 Å². The third-order valence-corrected chi connectivity index (χ3v) is 9.14. The second kappa shape index (κ2) is 9.48. The van der Waals surface area contributed by atoms with Crippen molar-refractivity contribution in [3.05, 3.63) is 151 Å². The molecule has 0 atom stereocenters. The van der Waals surface area contributed by atoms with Crippen molar-refractivity contribution in [1.29, 1.82) is 0 Å². The Morgan fingerprint density at radius 2 is 1.18 bits per heavy atom. The van der Waals surface area contributed by atoms with Gasteiger partial charge in [0.2, 0.25) is 0 Å². The van der Waals surface area contributed by atoms with E-state index in [9.17, 15) is 0 Å². The van der Waals surface area contributed by atoms with Crippen molar-refractivity contribution in [2.24, 2.45) is 0 Å². The van der Waals surface area contributed by atoms with Gasteiger partial charge >= 0.3 is 0 Å². The normalized spacial score (nSPS) is 13.5. The molecule has 188 valence electrons. The molecule has 7 rings (SSSR count). The molecule has 0 spiro atoms. The van der Waals surface area contributed by atoms with Gasteiger partial charge in [0.25, 0.3) is 0 Å². The topological polar surface area (TPSA) is 3.24 Å². The first-order chi connectivity index (χ1) is 19.1. The highest BCUT2D eigenvalue weighted by atomic mass is 32.2. The lowest BCUT2D eigenvalue weighted by Crippen LogP contribution is -2.23. The molecule has 2 heteroatoms. The zero-order valence-electron chi connectivity index (χ0n) is 22.1. The summed E-state index contributed by atoms with van der Waals surface area (Å²) in [6, 6.07) is 50.5. The van der Waals surface area contributed by atoms with E-state index in [1.54, 1.807) is 0 Å². The van der Waals surface area contributed by atoms with Crippen molar-refractivity contribution >= 4 is 39.6 Å². The van der Waals surface area contributed by atoms with Crippen molar-refractivity contribution in [2.45, 2.75) is 29.1 Å². The van der Waals surface area contributed by atoms with Gasteiger partial charge in [-0.15, -0.1) is 0 Å². The van der Waals surface area contributed by atoms with Crippen LogP contribution < -0.4 is 4.90 Å². The molecule has 1 nitrogen and oxygen atoms in total. The lowest BCUT2D eigenvalue weighted by Gasteiger charge is -2.35. The third-order valence-electron chi connectivity index (χ3n) is 7.92. The van der Waals surface area contributed by atoms with Crippen LogP contribution in [0.5, 0.6) is 0 Å². The number of benzene rings is 6. The van der Waals surface area contributed by atoms with Crippen LogP contribution in [0.25, 0.3) is 21.9 Å². The summed E-state index contributed by atoms with van der Waals surface area (Å²) in [7, 11) is 0. The average Bonchev–Trinajstić information content (AvgIpc) is 2.98. The van der Waals surface area contributed by atoms with Gasteiger partial charge in [-0.2, -0.15) is 0 Å². The number of hydrogen-bond donors (Lipinski definition) is 0. The van der Waals surface area contributed by atoms with E-state index in [1.807, 2.05) is 11.8 Å². The summed E-state index contributed by atoms with van der Waals surface area (Å²) in [6.45, 7) is 4.69. The first-order valence-electron chi connectivity index (χ1n) is 13.5. The van der Waals surface area contributed by atoms with E-state index >= 15 is 0 Å². The number of nitrogens with zero attached hydrogens (tertiary/aromatic N) is 1.